The minimum absolute atomic E-state index is 0.208. The first-order chi connectivity index (χ1) is 26.8. The number of allylic oxidation sites excluding steroid dienone is 5. The second-order valence-corrected chi connectivity index (χ2v) is 15.2. The normalized spacial score (nSPS) is 20.9. The maximum atomic E-state index is 12.7. The van der Waals surface area contributed by atoms with Crippen LogP contribution in [0.3, 0.4) is 0 Å². The number of aliphatic hydroxyl groups is 4. The lowest BCUT2D eigenvalue weighted by molar-refractivity contribution is -0.305. The number of ether oxygens (including phenoxy) is 4. The van der Waals surface area contributed by atoms with E-state index in [9.17, 15) is 30.0 Å². The fourth-order valence-electron chi connectivity index (χ4n) is 6.55. The lowest BCUT2D eigenvalue weighted by Crippen LogP contribution is -2.59. The summed E-state index contributed by atoms with van der Waals surface area (Å²) in [5, 5.41) is 40.0. The Bertz CT molecular complexity index is 996. The van der Waals surface area contributed by atoms with E-state index in [1.807, 2.05) is 12.2 Å². The molecule has 0 amide bonds. The summed E-state index contributed by atoms with van der Waals surface area (Å²) in [7, 11) is 0. The van der Waals surface area contributed by atoms with E-state index in [2.05, 4.69) is 26.0 Å². The molecular formula is C45H80O10. The van der Waals surface area contributed by atoms with Crippen molar-refractivity contribution in [3.05, 3.63) is 36.5 Å². The summed E-state index contributed by atoms with van der Waals surface area (Å²) in [5.74, 6) is -1.06. The molecule has 6 atom stereocenters. The molecule has 10 nitrogen and oxygen atoms in total. The van der Waals surface area contributed by atoms with Crippen LogP contribution in [0.1, 0.15) is 181 Å². The number of carbonyl (C=O) groups is 2. The molecule has 4 N–H and O–H groups in total. The van der Waals surface area contributed by atoms with Gasteiger partial charge >= 0.3 is 11.9 Å². The molecule has 0 saturated carbocycles. The fourth-order valence-corrected chi connectivity index (χ4v) is 6.55. The van der Waals surface area contributed by atoms with Gasteiger partial charge in [-0.15, -0.1) is 0 Å². The van der Waals surface area contributed by atoms with Crippen molar-refractivity contribution in [1.29, 1.82) is 0 Å². The van der Waals surface area contributed by atoms with Gasteiger partial charge in [-0.1, -0.05) is 166 Å². The van der Waals surface area contributed by atoms with Gasteiger partial charge in [-0.05, 0) is 38.5 Å². The number of carbonyl (C=O) groups excluding carboxylic acids is 2. The van der Waals surface area contributed by atoms with Crippen LogP contribution in [0.2, 0.25) is 0 Å². The number of esters is 2. The van der Waals surface area contributed by atoms with Gasteiger partial charge in [-0.3, -0.25) is 4.79 Å². The van der Waals surface area contributed by atoms with E-state index >= 15 is 0 Å². The van der Waals surface area contributed by atoms with Crippen LogP contribution in [0.4, 0.5) is 0 Å². The minimum Gasteiger partial charge on any atom is -0.458 e. The Morgan fingerprint density at radius 1 is 0.600 bits per heavy atom. The molecule has 320 valence electrons. The van der Waals surface area contributed by atoms with E-state index in [-0.39, 0.29) is 19.6 Å². The zero-order valence-electron chi connectivity index (χ0n) is 34.7. The Hall–Kier alpha value is -2.08. The number of aliphatic hydroxyl groups excluding tert-OH is 4. The monoisotopic (exact) mass is 781 g/mol. The van der Waals surface area contributed by atoms with Gasteiger partial charge in [0.1, 0.15) is 31.0 Å². The standard InChI is InChI=1S/C45H80O10/c1-3-5-7-9-11-13-15-17-19-21-23-25-27-29-31-33-40(47)52-36-38(37-53-45-44(51)43(50)42(49)39(35-46)55-45)54-41(48)34-32-30-28-26-24-22-20-18-16-14-12-10-8-6-4-2/h10,12,27,29,31,33,38-39,42-46,49-51H,3-9,11,13-26,28,30,32,34-37H2,1-2H3/b12-10+,29-27+,33-31+/t38-,39-,42+,43?,44?,45-/m0/s1. The number of hydrogen-bond acceptors (Lipinski definition) is 10. The van der Waals surface area contributed by atoms with Crippen molar-refractivity contribution >= 4 is 11.9 Å². The SMILES string of the molecule is CCCC/C=C/CCCCCCCCCCCC(=O)O[C@@H](COC(=O)/C=C/C=C/CCCCCCCCCCCCC)CO[C@H]1O[C@@H](CO)[C@@H](O)C(O)C1O. The third kappa shape index (κ3) is 28.0. The molecule has 2 unspecified atom stereocenters. The second kappa shape index (κ2) is 36.3. The molecule has 0 aromatic carbocycles. The third-order valence-corrected chi connectivity index (χ3v) is 10.1. The van der Waals surface area contributed by atoms with Crippen LogP contribution in [0.5, 0.6) is 0 Å². The topological polar surface area (TPSA) is 152 Å². The van der Waals surface area contributed by atoms with Gasteiger partial charge in [0.25, 0.3) is 0 Å². The van der Waals surface area contributed by atoms with E-state index in [4.69, 9.17) is 18.9 Å². The van der Waals surface area contributed by atoms with E-state index in [1.54, 1.807) is 6.08 Å². The van der Waals surface area contributed by atoms with Crippen molar-refractivity contribution in [2.45, 2.75) is 218 Å². The highest BCUT2D eigenvalue weighted by atomic mass is 16.7. The van der Waals surface area contributed by atoms with Crippen molar-refractivity contribution in [2.75, 3.05) is 19.8 Å². The van der Waals surface area contributed by atoms with Crippen LogP contribution >= 0.6 is 0 Å². The summed E-state index contributed by atoms with van der Waals surface area (Å²) < 4.78 is 22.0. The molecule has 1 aliphatic rings. The van der Waals surface area contributed by atoms with Crippen LogP contribution in [-0.2, 0) is 28.5 Å². The van der Waals surface area contributed by atoms with Crippen molar-refractivity contribution in [3.8, 4) is 0 Å². The van der Waals surface area contributed by atoms with E-state index in [0.717, 1.165) is 32.1 Å². The van der Waals surface area contributed by atoms with E-state index in [1.165, 1.54) is 128 Å². The highest BCUT2D eigenvalue weighted by Gasteiger charge is 2.44. The van der Waals surface area contributed by atoms with E-state index < -0.39 is 55.4 Å². The zero-order valence-corrected chi connectivity index (χ0v) is 34.7. The zero-order chi connectivity index (χ0) is 40.2. The largest absolute Gasteiger partial charge is 0.458 e. The van der Waals surface area contributed by atoms with Crippen molar-refractivity contribution in [2.24, 2.45) is 0 Å². The Morgan fingerprint density at radius 2 is 1.11 bits per heavy atom. The molecule has 1 saturated heterocycles. The predicted octanol–water partition coefficient (Wildman–Crippen LogP) is 9.11. The first-order valence-electron chi connectivity index (χ1n) is 22.1. The highest BCUT2D eigenvalue weighted by Crippen LogP contribution is 2.22. The summed E-state index contributed by atoms with van der Waals surface area (Å²) >= 11 is 0. The molecule has 0 radical (unpaired) electrons. The maximum absolute atomic E-state index is 12.7. The lowest BCUT2D eigenvalue weighted by atomic mass is 9.99. The van der Waals surface area contributed by atoms with Crippen molar-refractivity contribution in [1.82, 2.24) is 0 Å². The molecule has 0 aromatic heterocycles. The summed E-state index contributed by atoms with van der Waals surface area (Å²) in [4.78, 5) is 25.2. The second-order valence-electron chi connectivity index (χ2n) is 15.2. The summed E-state index contributed by atoms with van der Waals surface area (Å²) in [6.45, 7) is 3.27. The molecule has 0 spiro atoms. The Labute approximate surface area is 334 Å². The highest BCUT2D eigenvalue weighted by molar-refractivity contribution is 5.82. The average molecular weight is 781 g/mol. The van der Waals surface area contributed by atoms with E-state index in [0.29, 0.717) is 6.42 Å². The molecule has 1 rings (SSSR count). The van der Waals surface area contributed by atoms with Gasteiger partial charge in [0.05, 0.1) is 13.2 Å². The molecule has 10 heteroatoms. The Balaban J connectivity index is 2.39. The summed E-state index contributed by atoms with van der Waals surface area (Å²) in [6.07, 6.45) is 33.5. The Kier molecular flexibility index (Phi) is 33.6. The van der Waals surface area contributed by atoms with Gasteiger partial charge < -0.3 is 39.4 Å². The van der Waals surface area contributed by atoms with Gasteiger partial charge in [0.15, 0.2) is 12.4 Å². The molecule has 1 fully saturated rings. The fraction of sp³-hybridized carbons (Fsp3) is 0.822. The summed E-state index contributed by atoms with van der Waals surface area (Å²) in [6, 6.07) is 0. The first kappa shape index (κ1) is 50.9. The molecule has 1 aliphatic heterocycles. The molecule has 0 aliphatic carbocycles. The number of unbranched alkanes of at least 4 members (excludes halogenated alkanes) is 22. The Morgan fingerprint density at radius 3 is 1.67 bits per heavy atom. The van der Waals surface area contributed by atoms with Crippen molar-refractivity contribution < 1.29 is 49.0 Å². The molecule has 0 aromatic rings. The van der Waals surface area contributed by atoms with Crippen LogP contribution in [-0.4, -0.2) is 89.0 Å². The molecule has 55 heavy (non-hydrogen) atoms. The number of hydrogen-bond donors (Lipinski definition) is 4. The maximum Gasteiger partial charge on any atom is 0.330 e. The van der Waals surface area contributed by atoms with Crippen LogP contribution < -0.4 is 0 Å². The molecule has 0 bridgehead atoms. The third-order valence-electron chi connectivity index (χ3n) is 10.1. The van der Waals surface area contributed by atoms with Crippen LogP contribution in [0.15, 0.2) is 36.5 Å². The van der Waals surface area contributed by atoms with Crippen molar-refractivity contribution in [3.63, 3.8) is 0 Å². The van der Waals surface area contributed by atoms with Crippen LogP contribution in [0.25, 0.3) is 0 Å². The predicted molar refractivity (Wildman–Crippen MR) is 219 cm³/mol. The van der Waals surface area contributed by atoms with Gasteiger partial charge in [-0.2, -0.15) is 0 Å². The average Bonchev–Trinajstić information content (AvgIpc) is 3.18. The van der Waals surface area contributed by atoms with Crippen LogP contribution in [0, 0.1) is 0 Å². The van der Waals surface area contributed by atoms with Gasteiger partial charge in [0, 0.05) is 12.5 Å². The smallest absolute Gasteiger partial charge is 0.330 e. The molecular weight excluding hydrogens is 700 g/mol. The summed E-state index contributed by atoms with van der Waals surface area (Å²) in [5.41, 5.74) is 0. The minimum atomic E-state index is -1.61. The molecule has 1 heterocycles. The quantitative estimate of drug-likeness (QED) is 0.0159. The lowest BCUT2D eigenvalue weighted by Gasteiger charge is -2.39. The first-order valence-corrected chi connectivity index (χ1v) is 22.1. The van der Waals surface area contributed by atoms with Gasteiger partial charge in [0.2, 0.25) is 0 Å². The number of rotatable bonds is 36. The van der Waals surface area contributed by atoms with Gasteiger partial charge in [-0.25, -0.2) is 4.79 Å².